The molecule has 0 amide bonds. The molecule has 110 valence electrons. The molecule has 0 aromatic rings. The minimum atomic E-state index is 0.107. The summed E-state index contributed by atoms with van der Waals surface area (Å²) in [7, 11) is 0. The highest BCUT2D eigenvalue weighted by Crippen LogP contribution is 2.67. The zero-order valence-corrected chi connectivity index (χ0v) is 13.9. The molecule has 3 fully saturated rings. The highest BCUT2D eigenvalue weighted by atomic mass is 16.5. The number of fused-ring (bicyclic) bond motifs is 3. The van der Waals surface area contributed by atoms with Crippen LogP contribution in [0, 0.1) is 34.5 Å². The molecule has 3 aliphatic rings. The van der Waals surface area contributed by atoms with Crippen LogP contribution in [0.25, 0.3) is 0 Å². The van der Waals surface area contributed by atoms with Crippen LogP contribution in [0.3, 0.4) is 0 Å². The van der Waals surface area contributed by atoms with Gasteiger partial charge in [-0.1, -0.05) is 34.6 Å². The van der Waals surface area contributed by atoms with Crippen molar-refractivity contribution in [2.45, 2.75) is 79.4 Å². The number of rotatable bonds is 0. The summed E-state index contributed by atoms with van der Waals surface area (Å²) in [5.41, 5.74) is 0.990. The SMILES string of the molecule is C[C@H]1C(C)(C)[C@@H]2[C@H]3OC(C)(C)C[C@@H]3CC[C@H]2C1(C)C. The monoisotopic (exact) mass is 264 g/mol. The summed E-state index contributed by atoms with van der Waals surface area (Å²) < 4.78 is 6.54. The maximum atomic E-state index is 6.54. The Labute approximate surface area is 119 Å². The van der Waals surface area contributed by atoms with Gasteiger partial charge in [-0.3, -0.25) is 0 Å². The van der Waals surface area contributed by atoms with Gasteiger partial charge >= 0.3 is 0 Å². The first-order valence-corrected chi connectivity index (χ1v) is 8.25. The number of ether oxygens (including phenoxy) is 1. The predicted octanol–water partition coefficient (Wildman–Crippen LogP) is 4.90. The van der Waals surface area contributed by atoms with E-state index in [0.717, 1.165) is 23.7 Å². The van der Waals surface area contributed by atoms with Crippen molar-refractivity contribution >= 4 is 0 Å². The standard InChI is InChI=1S/C18H32O/c1-11-17(4,5)13-9-8-12-10-16(2,3)19-15(12)14(13)18(11,6)7/h11-15H,8-10H2,1-7H3/t11-,12+,13-,14+,15+/m1/s1. The van der Waals surface area contributed by atoms with Crippen molar-refractivity contribution in [1.82, 2.24) is 0 Å². The summed E-state index contributed by atoms with van der Waals surface area (Å²) in [4.78, 5) is 0. The first kappa shape index (κ1) is 13.9. The van der Waals surface area contributed by atoms with Crippen LogP contribution in [0.2, 0.25) is 0 Å². The Morgan fingerprint density at radius 3 is 2.16 bits per heavy atom. The van der Waals surface area contributed by atoms with Crippen molar-refractivity contribution in [3.63, 3.8) is 0 Å². The molecule has 5 atom stereocenters. The van der Waals surface area contributed by atoms with Gasteiger partial charge in [-0.2, -0.15) is 0 Å². The zero-order valence-electron chi connectivity index (χ0n) is 13.9. The highest BCUT2D eigenvalue weighted by Gasteiger charge is 2.64. The predicted molar refractivity (Wildman–Crippen MR) is 80.0 cm³/mol. The number of hydrogen-bond donors (Lipinski definition) is 0. The molecule has 2 saturated carbocycles. The lowest BCUT2D eigenvalue weighted by Crippen LogP contribution is -2.42. The van der Waals surface area contributed by atoms with Crippen LogP contribution in [0.1, 0.15) is 67.7 Å². The lowest BCUT2D eigenvalue weighted by Gasteiger charge is -2.43. The van der Waals surface area contributed by atoms with Crippen molar-refractivity contribution in [1.29, 1.82) is 0 Å². The molecule has 1 aliphatic heterocycles. The third-order valence-electron chi connectivity index (χ3n) is 7.36. The Kier molecular flexibility index (Phi) is 2.77. The molecule has 19 heavy (non-hydrogen) atoms. The summed E-state index contributed by atoms with van der Waals surface area (Å²) in [5.74, 6) is 3.21. The van der Waals surface area contributed by atoms with E-state index < -0.39 is 0 Å². The molecule has 2 aliphatic carbocycles. The van der Waals surface area contributed by atoms with E-state index in [-0.39, 0.29) is 5.60 Å². The fourth-order valence-corrected chi connectivity index (χ4v) is 6.04. The molecule has 1 saturated heterocycles. The average Bonchev–Trinajstić information content (AvgIpc) is 2.65. The second-order valence-corrected chi connectivity index (χ2v) is 9.38. The van der Waals surface area contributed by atoms with E-state index in [1.807, 2.05) is 0 Å². The summed E-state index contributed by atoms with van der Waals surface area (Å²) in [5, 5.41) is 0. The van der Waals surface area contributed by atoms with Crippen LogP contribution >= 0.6 is 0 Å². The van der Waals surface area contributed by atoms with Gasteiger partial charge in [0, 0.05) is 0 Å². The highest BCUT2D eigenvalue weighted by molar-refractivity contribution is 5.12. The second-order valence-electron chi connectivity index (χ2n) is 9.38. The van der Waals surface area contributed by atoms with E-state index >= 15 is 0 Å². The molecule has 0 spiro atoms. The average molecular weight is 264 g/mol. The summed E-state index contributed by atoms with van der Waals surface area (Å²) in [6.45, 7) is 17.1. The molecule has 1 heterocycles. The van der Waals surface area contributed by atoms with Crippen LogP contribution in [-0.2, 0) is 4.74 Å². The fraction of sp³-hybridized carbons (Fsp3) is 1.00. The van der Waals surface area contributed by atoms with Gasteiger partial charge in [0.1, 0.15) is 0 Å². The normalized spacial score (nSPS) is 49.7. The van der Waals surface area contributed by atoms with Gasteiger partial charge in [0.25, 0.3) is 0 Å². The number of hydrogen-bond acceptors (Lipinski definition) is 1. The third kappa shape index (κ3) is 1.76. The summed E-state index contributed by atoms with van der Waals surface area (Å²) >= 11 is 0. The Bertz CT molecular complexity index is 379. The maximum absolute atomic E-state index is 6.54. The largest absolute Gasteiger partial charge is 0.372 e. The van der Waals surface area contributed by atoms with Gasteiger partial charge < -0.3 is 4.74 Å². The molecule has 0 aromatic carbocycles. The lowest BCUT2D eigenvalue weighted by molar-refractivity contribution is -0.0952. The molecular weight excluding hydrogens is 232 g/mol. The molecular formula is C18H32O. The van der Waals surface area contributed by atoms with E-state index in [1.54, 1.807) is 0 Å². The molecule has 0 radical (unpaired) electrons. The van der Waals surface area contributed by atoms with Crippen LogP contribution in [0.15, 0.2) is 0 Å². The smallest absolute Gasteiger partial charge is 0.0647 e. The summed E-state index contributed by atoms with van der Waals surface area (Å²) in [6, 6.07) is 0. The van der Waals surface area contributed by atoms with E-state index in [1.165, 1.54) is 19.3 Å². The zero-order chi connectivity index (χ0) is 14.2. The van der Waals surface area contributed by atoms with E-state index in [9.17, 15) is 0 Å². The van der Waals surface area contributed by atoms with Crippen molar-refractivity contribution in [3.05, 3.63) is 0 Å². The van der Waals surface area contributed by atoms with Crippen molar-refractivity contribution in [2.24, 2.45) is 34.5 Å². The topological polar surface area (TPSA) is 9.23 Å². The Hall–Kier alpha value is -0.0400. The molecule has 3 rings (SSSR count). The minimum Gasteiger partial charge on any atom is -0.372 e. The van der Waals surface area contributed by atoms with E-state index in [4.69, 9.17) is 4.74 Å². The molecule has 0 unspecified atom stereocenters. The Morgan fingerprint density at radius 1 is 0.895 bits per heavy atom. The molecule has 0 bridgehead atoms. The molecule has 0 aromatic heterocycles. The molecule has 0 N–H and O–H groups in total. The van der Waals surface area contributed by atoms with Gasteiger partial charge in [-0.25, -0.2) is 0 Å². The second kappa shape index (κ2) is 3.78. The van der Waals surface area contributed by atoms with Crippen molar-refractivity contribution in [2.75, 3.05) is 0 Å². The van der Waals surface area contributed by atoms with Gasteiger partial charge in [0.05, 0.1) is 11.7 Å². The quantitative estimate of drug-likeness (QED) is 0.605. The first-order valence-electron chi connectivity index (χ1n) is 8.25. The van der Waals surface area contributed by atoms with Crippen molar-refractivity contribution < 1.29 is 4.74 Å². The summed E-state index contributed by atoms with van der Waals surface area (Å²) in [6.07, 6.45) is 4.60. The van der Waals surface area contributed by atoms with Crippen molar-refractivity contribution in [3.8, 4) is 0 Å². The van der Waals surface area contributed by atoms with E-state index in [0.29, 0.717) is 16.9 Å². The Morgan fingerprint density at radius 2 is 1.53 bits per heavy atom. The maximum Gasteiger partial charge on any atom is 0.0647 e. The fourth-order valence-electron chi connectivity index (χ4n) is 6.04. The lowest BCUT2D eigenvalue weighted by atomic mass is 9.64. The molecule has 1 heteroatoms. The van der Waals surface area contributed by atoms with Crippen LogP contribution in [0.4, 0.5) is 0 Å². The van der Waals surface area contributed by atoms with Crippen LogP contribution in [-0.4, -0.2) is 11.7 Å². The molecule has 1 nitrogen and oxygen atoms in total. The Balaban J connectivity index is 1.99. The van der Waals surface area contributed by atoms with Crippen LogP contribution < -0.4 is 0 Å². The van der Waals surface area contributed by atoms with Gasteiger partial charge in [-0.15, -0.1) is 0 Å². The first-order chi connectivity index (χ1) is 8.57. The van der Waals surface area contributed by atoms with Gasteiger partial charge in [-0.05, 0) is 67.6 Å². The van der Waals surface area contributed by atoms with Gasteiger partial charge in [0.2, 0.25) is 0 Å². The third-order valence-corrected chi connectivity index (χ3v) is 7.36. The van der Waals surface area contributed by atoms with E-state index in [2.05, 4.69) is 48.5 Å². The van der Waals surface area contributed by atoms with Crippen LogP contribution in [0.5, 0.6) is 0 Å². The minimum absolute atomic E-state index is 0.107. The van der Waals surface area contributed by atoms with Gasteiger partial charge in [0.15, 0.2) is 0 Å².